The van der Waals surface area contributed by atoms with Crippen molar-refractivity contribution in [1.82, 2.24) is 5.32 Å². The van der Waals surface area contributed by atoms with Crippen LogP contribution in [0.1, 0.15) is 35.7 Å². The molecule has 0 saturated carbocycles. The lowest BCUT2D eigenvalue weighted by atomic mass is 10.2. The highest BCUT2D eigenvalue weighted by atomic mass is 19.1. The Morgan fingerprint density at radius 2 is 1.81 bits per heavy atom. The minimum absolute atomic E-state index is 0.183. The van der Waals surface area contributed by atoms with E-state index in [4.69, 9.17) is 9.47 Å². The van der Waals surface area contributed by atoms with Crippen molar-refractivity contribution in [2.45, 2.75) is 26.4 Å². The van der Waals surface area contributed by atoms with Gasteiger partial charge in [0.25, 0.3) is 5.91 Å². The molecule has 2 aromatic rings. The summed E-state index contributed by atoms with van der Waals surface area (Å²) in [5, 5.41) is 2.68. The van der Waals surface area contributed by atoms with Gasteiger partial charge in [0.15, 0.2) is 6.61 Å². The van der Waals surface area contributed by atoms with Crippen LogP contribution in [-0.2, 0) is 16.1 Å². The van der Waals surface area contributed by atoms with E-state index in [-0.39, 0.29) is 30.5 Å². The Kier molecular flexibility index (Phi) is 7.61. The molecule has 0 heterocycles. The maximum atomic E-state index is 12.9. The number of nitrogens with one attached hydrogen (secondary N) is 1. The first-order valence-corrected chi connectivity index (χ1v) is 8.50. The van der Waals surface area contributed by atoms with Gasteiger partial charge < -0.3 is 14.8 Å². The molecule has 26 heavy (non-hydrogen) atoms. The van der Waals surface area contributed by atoms with E-state index < -0.39 is 5.97 Å². The molecule has 0 aliphatic rings. The number of rotatable bonds is 9. The zero-order valence-electron chi connectivity index (χ0n) is 14.7. The van der Waals surface area contributed by atoms with Crippen LogP contribution in [0.15, 0.2) is 48.5 Å². The fourth-order valence-corrected chi connectivity index (χ4v) is 2.17. The van der Waals surface area contributed by atoms with Crippen molar-refractivity contribution < 1.29 is 23.5 Å². The van der Waals surface area contributed by atoms with Crippen LogP contribution in [0, 0.1) is 5.82 Å². The van der Waals surface area contributed by atoms with Gasteiger partial charge in [-0.1, -0.05) is 37.6 Å². The second-order valence-corrected chi connectivity index (χ2v) is 5.69. The third kappa shape index (κ3) is 6.20. The van der Waals surface area contributed by atoms with Gasteiger partial charge in [-0.25, -0.2) is 9.18 Å². The number of esters is 1. The van der Waals surface area contributed by atoms with Crippen molar-refractivity contribution in [2.75, 3.05) is 13.2 Å². The lowest BCUT2D eigenvalue weighted by Crippen LogP contribution is -2.29. The van der Waals surface area contributed by atoms with Crippen LogP contribution in [0.4, 0.5) is 4.39 Å². The minimum Gasteiger partial charge on any atom is -0.488 e. The van der Waals surface area contributed by atoms with Crippen LogP contribution in [0.3, 0.4) is 0 Å². The van der Waals surface area contributed by atoms with Gasteiger partial charge in [0.05, 0.1) is 0 Å². The van der Waals surface area contributed by atoms with E-state index in [2.05, 4.69) is 5.32 Å². The van der Waals surface area contributed by atoms with Crippen molar-refractivity contribution >= 4 is 11.9 Å². The van der Waals surface area contributed by atoms with Gasteiger partial charge in [0.2, 0.25) is 0 Å². The standard InChI is InChI=1S/C20H22FNO4/c1-2-3-12-22-19(23)14-26-20(24)17-6-4-5-7-18(17)25-13-15-8-10-16(21)11-9-15/h4-11H,2-3,12-14H2,1H3,(H,22,23). The molecule has 0 spiro atoms. The first-order chi connectivity index (χ1) is 12.6. The second-order valence-electron chi connectivity index (χ2n) is 5.69. The number of para-hydroxylation sites is 1. The van der Waals surface area contributed by atoms with Crippen LogP contribution < -0.4 is 10.1 Å². The summed E-state index contributed by atoms with van der Waals surface area (Å²) in [6.45, 7) is 2.43. The monoisotopic (exact) mass is 359 g/mol. The topological polar surface area (TPSA) is 64.6 Å². The van der Waals surface area contributed by atoms with Gasteiger partial charge in [-0.2, -0.15) is 0 Å². The van der Waals surface area contributed by atoms with Crippen LogP contribution in [0.5, 0.6) is 5.75 Å². The van der Waals surface area contributed by atoms with E-state index in [0.717, 1.165) is 18.4 Å². The van der Waals surface area contributed by atoms with Crippen LogP contribution in [-0.4, -0.2) is 25.0 Å². The van der Waals surface area contributed by atoms with Gasteiger partial charge in [-0.3, -0.25) is 4.79 Å². The molecule has 1 N–H and O–H groups in total. The molecule has 138 valence electrons. The average Bonchev–Trinajstić information content (AvgIpc) is 2.66. The first kappa shape index (κ1) is 19.4. The fourth-order valence-electron chi connectivity index (χ4n) is 2.17. The summed E-state index contributed by atoms with van der Waals surface area (Å²) >= 11 is 0. The van der Waals surface area contributed by atoms with Crippen molar-refractivity contribution in [2.24, 2.45) is 0 Å². The number of unbranched alkanes of at least 4 members (excludes halogenated alkanes) is 1. The molecular weight excluding hydrogens is 337 g/mol. The molecule has 0 radical (unpaired) electrons. The number of carbonyl (C=O) groups excluding carboxylic acids is 2. The van der Waals surface area contributed by atoms with Crippen LogP contribution >= 0.6 is 0 Å². The molecule has 0 bridgehead atoms. The quantitative estimate of drug-likeness (QED) is 0.550. The SMILES string of the molecule is CCCCNC(=O)COC(=O)c1ccccc1OCc1ccc(F)cc1. The summed E-state index contributed by atoms with van der Waals surface area (Å²) < 4.78 is 23.6. The summed E-state index contributed by atoms with van der Waals surface area (Å²) in [7, 11) is 0. The Hall–Kier alpha value is -2.89. The highest BCUT2D eigenvalue weighted by Gasteiger charge is 2.15. The molecule has 6 heteroatoms. The van der Waals surface area contributed by atoms with E-state index in [1.165, 1.54) is 12.1 Å². The summed E-state index contributed by atoms with van der Waals surface area (Å²) in [5.41, 5.74) is 1.00. The van der Waals surface area contributed by atoms with Gasteiger partial charge >= 0.3 is 5.97 Å². The third-order valence-corrected chi connectivity index (χ3v) is 3.60. The maximum Gasteiger partial charge on any atom is 0.342 e. The molecule has 0 unspecified atom stereocenters. The number of hydrogen-bond acceptors (Lipinski definition) is 4. The van der Waals surface area contributed by atoms with E-state index in [1.54, 1.807) is 36.4 Å². The number of hydrogen-bond donors (Lipinski definition) is 1. The van der Waals surface area contributed by atoms with Crippen LogP contribution in [0.2, 0.25) is 0 Å². The molecule has 1 amide bonds. The molecule has 0 saturated heterocycles. The predicted molar refractivity (Wildman–Crippen MR) is 95.4 cm³/mol. The highest BCUT2D eigenvalue weighted by molar-refractivity contribution is 5.93. The van der Waals surface area contributed by atoms with Gasteiger partial charge in [-0.15, -0.1) is 0 Å². The van der Waals surface area contributed by atoms with Gasteiger partial charge in [0, 0.05) is 6.54 Å². The van der Waals surface area contributed by atoms with E-state index >= 15 is 0 Å². The van der Waals surface area contributed by atoms with E-state index in [0.29, 0.717) is 12.3 Å². The summed E-state index contributed by atoms with van der Waals surface area (Å²) in [5.74, 6) is -0.954. The van der Waals surface area contributed by atoms with Crippen molar-refractivity contribution in [3.63, 3.8) is 0 Å². The maximum absolute atomic E-state index is 12.9. The smallest absolute Gasteiger partial charge is 0.342 e. The number of benzene rings is 2. The highest BCUT2D eigenvalue weighted by Crippen LogP contribution is 2.20. The predicted octanol–water partition coefficient (Wildman–Crippen LogP) is 3.48. The average molecular weight is 359 g/mol. The fraction of sp³-hybridized carbons (Fsp3) is 0.300. The van der Waals surface area contributed by atoms with Crippen molar-refractivity contribution in [3.05, 3.63) is 65.5 Å². The molecule has 2 aromatic carbocycles. The Balaban J connectivity index is 1.91. The Bertz CT molecular complexity index is 731. The Morgan fingerprint density at radius 3 is 2.54 bits per heavy atom. The van der Waals surface area contributed by atoms with E-state index in [9.17, 15) is 14.0 Å². The third-order valence-electron chi connectivity index (χ3n) is 3.60. The molecule has 2 rings (SSSR count). The summed E-state index contributed by atoms with van der Waals surface area (Å²) in [6, 6.07) is 12.5. The number of halogens is 1. The Morgan fingerprint density at radius 1 is 1.08 bits per heavy atom. The van der Waals surface area contributed by atoms with E-state index in [1.807, 2.05) is 6.92 Å². The minimum atomic E-state index is -0.634. The molecule has 0 aromatic heterocycles. The largest absolute Gasteiger partial charge is 0.488 e. The lowest BCUT2D eigenvalue weighted by Gasteiger charge is -2.11. The Labute approximate surface area is 152 Å². The number of carbonyl (C=O) groups is 2. The molecule has 5 nitrogen and oxygen atoms in total. The van der Waals surface area contributed by atoms with Gasteiger partial charge in [-0.05, 0) is 36.2 Å². The zero-order valence-corrected chi connectivity index (χ0v) is 14.7. The molecule has 0 aliphatic heterocycles. The number of ether oxygens (including phenoxy) is 2. The molecule has 0 atom stereocenters. The molecule has 0 aliphatic carbocycles. The summed E-state index contributed by atoms with van der Waals surface area (Å²) in [6.07, 6.45) is 1.85. The molecular formula is C20H22FNO4. The second kappa shape index (κ2) is 10.2. The summed E-state index contributed by atoms with van der Waals surface area (Å²) in [4.78, 5) is 23.9. The molecule has 0 fully saturated rings. The first-order valence-electron chi connectivity index (χ1n) is 8.50. The van der Waals surface area contributed by atoms with Gasteiger partial charge in [0.1, 0.15) is 23.7 Å². The van der Waals surface area contributed by atoms with Crippen molar-refractivity contribution in [1.29, 1.82) is 0 Å². The normalized spacial score (nSPS) is 10.2. The lowest BCUT2D eigenvalue weighted by molar-refractivity contribution is -0.124. The van der Waals surface area contributed by atoms with Crippen molar-refractivity contribution in [3.8, 4) is 5.75 Å². The van der Waals surface area contributed by atoms with Crippen LogP contribution in [0.25, 0.3) is 0 Å². The zero-order chi connectivity index (χ0) is 18.8. The number of amides is 1.